The summed E-state index contributed by atoms with van der Waals surface area (Å²) < 4.78 is 5.75. The van der Waals surface area contributed by atoms with Gasteiger partial charge in [-0.1, -0.05) is 29.3 Å². The normalized spacial score (nSPS) is 28.4. The third-order valence-corrected chi connectivity index (χ3v) is 6.34. The number of carbonyl (C=O) groups excluding carboxylic acids is 1. The number of nitrogens with zero attached hydrogens (tertiary/aromatic N) is 2. The summed E-state index contributed by atoms with van der Waals surface area (Å²) in [4.78, 5) is 14.3. The Kier molecular flexibility index (Phi) is 4.38. The SMILES string of the molecule is COCC(=O)N1CCC2C(c3ccc(Cl)c(Cl)c3[N+]2(C)C)[C@H]1C. The first-order chi connectivity index (χ1) is 10.8. The van der Waals surface area contributed by atoms with Crippen molar-refractivity contribution in [3.05, 3.63) is 27.7 Å². The molecule has 126 valence electrons. The van der Waals surface area contributed by atoms with E-state index in [2.05, 4.69) is 27.1 Å². The van der Waals surface area contributed by atoms with Gasteiger partial charge in [-0.2, -0.15) is 0 Å². The summed E-state index contributed by atoms with van der Waals surface area (Å²) in [6.45, 7) is 3.02. The Hall–Kier alpha value is -0.810. The van der Waals surface area contributed by atoms with Gasteiger partial charge in [0.1, 0.15) is 17.7 Å². The highest BCUT2D eigenvalue weighted by Gasteiger charge is 2.54. The minimum atomic E-state index is 0.0530. The van der Waals surface area contributed by atoms with E-state index < -0.39 is 0 Å². The van der Waals surface area contributed by atoms with Gasteiger partial charge in [0.2, 0.25) is 5.91 Å². The molecule has 0 spiro atoms. The maximum atomic E-state index is 12.3. The van der Waals surface area contributed by atoms with Gasteiger partial charge >= 0.3 is 0 Å². The highest BCUT2D eigenvalue weighted by atomic mass is 35.5. The molecule has 1 aromatic carbocycles. The molecule has 4 nitrogen and oxygen atoms in total. The molecule has 0 radical (unpaired) electrons. The average molecular weight is 358 g/mol. The van der Waals surface area contributed by atoms with Crippen LogP contribution in [-0.4, -0.2) is 57.2 Å². The summed E-state index contributed by atoms with van der Waals surface area (Å²) in [7, 11) is 5.93. The predicted octanol–water partition coefficient (Wildman–Crippen LogP) is 3.29. The zero-order chi connectivity index (χ0) is 16.9. The molecule has 0 bridgehead atoms. The van der Waals surface area contributed by atoms with Crippen molar-refractivity contribution in [2.45, 2.75) is 31.3 Å². The largest absolute Gasteiger partial charge is 0.375 e. The van der Waals surface area contributed by atoms with Crippen LogP contribution in [0.5, 0.6) is 0 Å². The second-order valence-corrected chi connectivity index (χ2v) is 7.77. The molecule has 2 aliphatic heterocycles. The Morgan fingerprint density at radius 3 is 2.74 bits per heavy atom. The standard InChI is InChI=1S/C17H23Cl2N2O2/c1-10-15-11-5-6-12(18)16(19)17(11)21(2,3)13(15)7-8-20(10)14(22)9-23-4/h5-6,10,13,15H,7-9H2,1-4H3/q+1/t10-,13?,15?/m1/s1. The van der Waals surface area contributed by atoms with Crippen molar-refractivity contribution >= 4 is 34.8 Å². The van der Waals surface area contributed by atoms with Crippen LogP contribution in [0.25, 0.3) is 0 Å². The topological polar surface area (TPSA) is 29.5 Å². The quantitative estimate of drug-likeness (QED) is 0.760. The molecule has 23 heavy (non-hydrogen) atoms. The van der Waals surface area contributed by atoms with Crippen molar-refractivity contribution in [1.29, 1.82) is 0 Å². The van der Waals surface area contributed by atoms with Gasteiger partial charge in [-0.05, 0) is 13.0 Å². The number of hydrogen-bond acceptors (Lipinski definition) is 2. The van der Waals surface area contributed by atoms with Crippen molar-refractivity contribution in [2.75, 3.05) is 34.4 Å². The summed E-state index contributed by atoms with van der Waals surface area (Å²) >= 11 is 12.8. The van der Waals surface area contributed by atoms with Crippen LogP contribution in [-0.2, 0) is 9.53 Å². The number of amides is 1. The van der Waals surface area contributed by atoms with Crippen LogP contribution in [0.3, 0.4) is 0 Å². The number of fused-ring (bicyclic) bond motifs is 3. The van der Waals surface area contributed by atoms with Crippen LogP contribution in [0.2, 0.25) is 10.0 Å². The Bertz CT molecular complexity index is 648. The number of ether oxygens (including phenoxy) is 1. The van der Waals surface area contributed by atoms with Crippen molar-refractivity contribution in [3.8, 4) is 0 Å². The summed E-state index contributed by atoms with van der Waals surface area (Å²) in [6, 6.07) is 4.47. The molecule has 6 heteroatoms. The molecule has 1 saturated heterocycles. The lowest BCUT2D eigenvalue weighted by molar-refractivity contribution is -0.139. The molecule has 2 aliphatic rings. The summed E-state index contributed by atoms with van der Waals surface area (Å²) in [6.07, 6.45) is 0.945. The molecule has 0 saturated carbocycles. The molecule has 1 fully saturated rings. The van der Waals surface area contributed by atoms with Crippen LogP contribution >= 0.6 is 23.2 Å². The molecule has 0 aliphatic carbocycles. The van der Waals surface area contributed by atoms with Crippen LogP contribution in [0.1, 0.15) is 24.8 Å². The number of methoxy groups -OCH3 is 1. The van der Waals surface area contributed by atoms with E-state index in [9.17, 15) is 4.79 Å². The lowest BCUT2D eigenvalue weighted by atomic mass is 9.82. The molecule has 2 heterocycles. The number of carbonyl (C=O) groups is 1. The third-order valence-electron chi connectivity index (χ3n) is 5.54. The number of likely N-dealkylation sites (tertiary alicyclic amines) is 1. The Labute approximate surface area is 147 Å². The maximum absolute atomic E-state index is 12.3. The number of benzene rings is 1. The molecular weight excluding hydrogens is 335 g/mol. The number of quaternary nitrogens is 1. The monoisotopic (exact) mass is 357 g/mol. The molecule has 1 amide bonds. The molecule has 1 aromatic rings. The molecule has 2 unspecified atom stereocenters. The van der Waals surface area contributed by atoms with Gasteiger partial charge in [0, 0.05) is 31.7 Å². The van der Waals surface area contributed by atoms with E-state index in [0.717, 1.165) is 23.1 Å². The number of piperidine rings is 1. The van der Waals surface area contributed by atoms with Crippen LogP contribution in [0.4, 0.5) is 5.69 Å². The lowest BCUT2D eigenvalue weighted by Gasteiger charge is -2.44. The van der Waals surface area contributed by atoms with E-state index in [1.165, 1.54) is 5.56 Å². The Balaban J connectivity index is 2.04. The average Bonchev–Trinajstić information content (AvgIpc) is 2.72. The van der Waals surface area contributed by atoms with E-state index in [-0.39, 0.29) is 24.5 Å². The zero-order valence-corrected chi connectivity index (χ0v) is 15.5. The van der Waals surface area contributed by atoms with Crippen molar-refractivity contribution in [2.24, 2.45) is 0 Å². The van der Waals surface area contributed by atoms with E-state index in [1.54, 1.807) is 7.11 Å². The van der Waals surface area contributed by atoms with Gasteiger partial charge in [-0.25, -0.2) is 0 Å². The minimum Gasteiger partial charge on any atom is -0.375 e. The van der Waals surface area contributed by atoms with E-state index in [1.807, 2.05) is 11.0 Å². The van der Waals surface area contributed by atoms with Crippen molar-refractivity contribution < 1.29 is 9.53 Å². The number of halogens is 2. The Morgan fingerprint density at radius 1 is 1.39 bits per heavy atom. The lowest BCUT2D eigenvalue weighted by Crippen LogP contribution is -2.58. The molecule has 0 aromatic heterocycles. The fourth-order valence-electron chi connectivity index (χ4n) is 4.49. The number of hydrogen-bond donors (Lipinski definition) is 0. The van der Waals surface area contributed by atoms with Gasteiger partial charge in [-0.15, -0.1) is 0 Å². The fraction of sp³-hybridized carbons (Fsp3) is 0.588. The van der Waals surface area contributed by atoms with Gasteiger partial charge in [0.05, 0.1) is 25.0 Å². The first-order valence-corrected chi connectivity index (χ1v) is 8.66. The molecule has 0 N–H and O–H groups in total. The molecule has 3 rings (SSSR count). The summed E-state index contributed by atoms with van der Waals surface area (Å²) in [5.41, 5.74) is 2.32. The van der Waals surface area contributed by atoms with E-state index in [0.29, 0.717) is 16.1 Å². The van der Waals surface area contributed by atoms with Crippen LogP contribution in [0.15, 0.2) is 12.1 Å². The summed E-state index contributed by atoms with van der Waals surface area (Å²) in [5, 5.41) is 1.24. The van der Waals surface area contributed by atoms with E-state index >= 15 is 0 Å². The van der Waals surface area contributed by atoms with Gasteiger partial charge in [-0.3, -0.25) is 9.28 Å². The molecule has 3 atom stereocenters. The van der Waals surface area contributed by atoms with Gasteiger partial charge < -0.3 is 9.64 Å². The maximum Gasteiger partial charge on any atom is 0.248 e. The highest BCUT2D eigenvalue weighted by Crippen LogP contribution is 2.54. The summed E-state index contributed by atoms with van der Waals surface area (Å²) in [5.74, 6) is 0.321. The first-order valence-electron chi connectivity index (χ1n) is 7.91. The first kappa shape index (κ1) is 17.0. The highest BCUT2D eigenvalue weighted by molar-refractivity contribution is 6.43. The van der Waals surface area contributed by atoms with E-state index in [4.69, 9.17) is 27.9 Å². The minimum absolute atomic E-state index is 0.0530. The number of likely N-dealkylation sites (N-methyl/N-ethyl adjacent to an activating group) is 1. The third kappa shape index (κ3) is 2.47. The predicted molar refractivity (Wildman–Crippen MR) is 94.3 cm³/mol. The van der Waals surface area contributed by atoms with Gasteiger partial charge in [0.25, 0.3) is 0 Å². The van der Waals surface area contributed by atoms with Crippen molar-refractivity contribution in [3.63, 3.8) is 0 Å². The van der Waals surface area contributed by atoms with Crippen molar-refractivity contribution in [1.82, 2.24) is 9.38 Å². The van der Waals surface area contributed by atoms with Crippen LogP contribution < -0.4 is 4.48 Å². The second kappa shape index (κ2) is 5.92. The van der Waals surface area contributed by atoms with Gasteiger partial charge in [0.15, 0.2) is 5.69 Å². The Morgan fingerprint density at radius 2 is 2.09 bits per heavy atom. The smallest absolute Gasteiger partial charge is 0.248 e. The second-order valence-electron chi connectivity index (χ2n) is 6.98. The molecular formula is C17H23Cl2N2O2+. The zero-order valence-electron chi connectivity index (χ0n) is 14.0. The van der Waals surface area contributed by atoms with Crippen LogP contribution in [0, 0.1) is 0 Å². The number of rotatable bonds is 2. The fourth-order valence-corrected chi connectivity index (χ4v) is 5.04.